The summed E-state index contributed by atoms with van der Waals surface area (Å²) < 4.78 is 10.4. The molecule has 0 aliphatic rings. The van der Waals surface area contributed by atoms with E-state index < -0.39 is 0 Å². The van der Waals surface area contributed by atoms with Crippen molar-refractivity contribution < 1.29 is 9.15 Å². The van der Waals surface area contributed by atoms with Gasteiger partial charge < -0.3 is 14.5 Å². The lowest BCUT2D eigenvalue weighted by Crippen LogP contribution is -2.46. The van der Waals surface area contributed by atoms with Crippen LogP contribution >= 0.6 is 0 Å². The molecule has 6 heteroatoms. The Hall–Kier alpha value is -1.53. The minimum Gasteiger partial charge on any atom is -0.464 e. The predicted octanol–water partition coefficient (Wildman–Crippen LogP) is 0.532. The van der Waals surface area contributed by atoms with Crippen molar-refractivity contribution in [2.24, 2.45) is 10.8 Å². The SMILES string of the molecule is COCC(C)NC(=NCc1ccc(C)o1)NN. The third-order valence-electron chi connectivity index (χ3n) is 2.13. The van der Waals surface area contributed by atoms with Crippen LogP contribution in [0.2, 0.25) is 0 Å². The van der Waals surface area contributed by atoms with Crippen molar-refractivity contribution in [2.45, 2.75) is 26.4 Å². The molecule has 0 aromatic carbocycles. The monoisotopic (exact) mass is 240 g/mol. The maximum atomic E-state index is 5.40. The zero-order chi connectivity index (χ0) is 12.7. The average molecular weight is 240 g/mol. The second kappa shape index (κ2) is 6.93. The summed E-state index contributed by atoms with van der Waals surface area (Å²) in [6.07, 6.45) is 0. The van der Waals surface area contributed by atoms with Crippen LogP contribution in [-0.4, -0.2) is 25.7 Å². The van der Waals surface area contributed by atoms with Crippen LogP contribution in [0.5, 0.6) is 0 Å². The van der Waals surface area contributed by atoms with E-state index in [1.807, 2.05) is 26.0 Å². The minimum absolute atomic E-state index is 0.133. The van der Waals surface area contributed by atoms with Gasteiger partial charge >= 0.3 is 0 Å². The Morgan fingerprint density at radius 2 is 2.35 bits per heavy atom. The largest absolute Gasteiger partial charge is 0.464 e. The summed E-state index contributed by atoms with van der Waals surface area (Å²) in [5, 5.41) is 3.09. The molecule has 0 bridgehead atoms. The van der Waals surface area contributed by atoms with E-state index in [4.69, 9.17) is 15.0 Å². The molecular formula is C11H20N4O2. The number of rotatable bonds is 5. The topological polar surface area (TPSA) is 84.8 Å². The van der Waals surface area contributed by atoms with Crippen molar-refractivity contribution in [2.75, 3.05) is 13.7 Å². The predicted molar refractivity (Wildman–Crippen MR) is 66.4 cm³/mol. The van der Waals surface area contributed by atoms with Crippen LogP contribution in [0.3, 0.4) is 0 Å². The molecule has 1 atom stereocenters. The number of nitrogens with one attached hydrogen (secondary N) is 2. The quantitative estimate of drug-likeness (QED) is 0.302. The first-order chi connectivity index (χ1) is 8.15. The standard InChI is InChI=1S/C11H20N4O2/c1-8(7-16-3)14-11(15-12)13-6-10-5-4-9(2)17-10/h4-5,8H,6-7,12H2,1-3H3,(H2,13,14,15). The maximum Gasteiger partial charge on any atom is 0.206 e. The lowest BCUT2D eigenvalue weighted by molar-refractivity contribution is 0.179. The molecule has 1 aromatic heterocycles. The number of furan rings is 1. The summed E-state index contributed by atoms with van der Waals surface area (Å²) in [5.74, 6) is 7.56. The molecule has 96 valence electrons. The summed E-state index contributed by atoms with van der Waals surface area (Å²) in [4.78, 5) is 4.27. The highest BCUT2D eigenvalue weighted by Crippen LogP contribution is 2.06. The van der Waals surface area contributed by atoms with Gasteiger partial charge in [0.25, 0.3) is 0 Å². The molecule has 1 unspecified atom stereocenters. The van der Waals surface area contributed by atoms with Gasteiger partial charge in [-0.2, -0.15) is 0 Å². The van der Waals surface area contributed by atoms with Gasteiger partial charge in [0.05, 0.1) is 6.61 Å². The van der Waals surface area contributed by atoms with E-state index in [9.17, 15) is 0 Å². The Morgan fingerprint density at radius 1 is 1.59 bits per heavy atom. The third-order valence-corrected chi connectivity index (χ3v) is 2.13. The van der Waals surface area contributed by atoms with Gasteiger partial charge in [-0.3, -0.25) is 5.43 Å². The third kappa shape index (κ3) is 4.88. The first-order valence-electron chi connectivity index (χ1n) is 5.47. The molecule has 1 aromatic rings. The fourth-order valence-electron chi connectivity index (χ4n) is 1.39. The fourth-order valence-corrected chi connectivity index (χ4v) is 1.39. The molecule has 0 spiro atoms. The van der Waals surface area contributed by atoms with Crippen LogP contribution in [0, 0.1) is 6.92 Å². The smallest absolute Gasteiger partial charge is 0.206 e. The van der Waals surface area contributed by atoms with E-state index in [1.54, 1.807) is 7.11 Å². The first-order valence-corrected chi connectivity index (χ1v) is 5.47. The molecule has 0 radical (unpaired) electrons. The maximum absolute atomic E-state index is 5.40. The number of hydrogen-bond donors (Lipinski definition) is 3. The summed E-state index contributed by atoms with van der Waals surface area (Å²) in [6, 6.07) is 3.93. The fraction of sp³-hybridized carbons (Fsp3) is 0.545. The van der Waals surface area contributed by atoms with Crippen molar-refractivity contribution in [3.05, 3.63) is 23.7 Å². The molecular weight excluding hydrogens is 220 g/mol. The minimum atomic E-state index is 0.133. The first kappa shape index (κ1) is 13.5. The molecule has 17 heavy (non-hydrogen) atoms. The molecule has 0 saturated heterocycles. The van der Waals surface area contributed by atoms with Crippen LogP contribution in [0.25, 0.3) is 0 Å². The summed E-state index contributed by atoms with van der Waals surface area (Å²) in [6.45, 7) is 4.91. The average Bonchev–Trinajstić information content (AvgIpc) is 2.70. The number of aryl methyl sites for hydroxylation is 1. The van der Waals surface area contributed by atoms with E-state index in [0.29, 0.717) is 19.1 Å². The molecule has 0 saturated carbocycles. The molecule has 0 aliphatic carbocycles. The molecule has 1 rings (SSSR count). The Bertz CT molecular complexity index is 362. The number of guanidine groups is 1. The Labute approximate surface area is 101 Å². The Morgan fingerprint density at radius 3 is 2.88 bits per heavy atom. The Kier molecular flexibility index (Phi) is 5.51. The van der Waals surface area contributed by atoms with Crippen molar-refractivity contribution in [1.29, 1.82) is 0 Å². The van der Waals surface area contributed by atoms with Gasteiger partial charge in [0.1, 0.15) is 18.1 Å². The van der Waals surface area contributed by atoms with Crippen molar-refractivity contribution in [3.63, 3.8) is 0 Å². The lowest BCUT2D eigenvalue weighted by atomic mass is 10.4. The van der Waals surface area contributed by atoms with Crippen molar-refractivity contribution in [1.82, 2.24) is 10.7 Å². The number of nitrogens with zero attached hydrogens (tertiary/aromatic N) is 1. The van der Waals surface area contributed by atoms with Crippen LogP contribution in [0.1, 0.15) is 18.4 Å². The number of methoxy groups -OCH3 is 1. The number of aliphatic imine (C=N–C) groups is 1. The number of nitrogens with two attached hydrogens (primary N) is 1. The molecule has 6 nitrogen and oxygen atoms in total. The number of hydrazine groups is 1. The molecule has 0 amide bonds. The van der Waals surface area contributed by atoms with Crippen molar-refractivity contribution >= 4 is 5.96 Å². The van der Waals surface area contributed by atoms with E-state index >= 15 is 0 Å². The number of hydrogen-bond acceptors (Lipinski definition) is 4. The highest BCUT2D eigenvalue weighted by Gasteiger charge is 2.04. The molecule has 1 heterocycles. The zero-order valence-electron chi connectivity index (χ0n) is 10.5. The van der Waals surface area contributed by atoms with E-state index in [0.717, 1.165) is 11.5 Å². The summed E-state index contributed by atoms with van der Waals surface area (Å²) in [7, 11) is 1.65. The van der Waals surface area contributed by atoms with Gasteiger partial charge in [-0.1, -0.05) is 0 Å². The van der Waals surface area contributed by atoms with E-state index in [1.165, 1.54) is 0 Å². The van der Waals surface area contributed by atoms with Crippen LogP contribution < -0.4 is 16.6 Å². The highest BCUT2D eigenvalue weighted by atomic mass is 16.5. The second-order valence-corrected chi connectivity index (χ2v) is 3.82. The second-order valence-electron chi connectivity index (χ2n) is 3.82. The van der Waals surface area contributed by atoms with Gasteiger partial charge in [-0.15, -0.1) is 0 Å². The normalized spacial score (nSPS) is 13.5. The summed E-state index contributed by atoms with van der Waals surface area (Å²) in [5.41, 5.74) is 2.51. The van der Waals surface area contributed by atoms with Crippen molar-refractivity contribution in [3.8, 4) is 0 Å². The zero-order valence-corrected chi connectivity index (χ0v) is 10.5. The van der Waals surface area contributed by atoms with Crippen LogP contribution in [0.4, 0.5) is 0 Å². The van der Waals surface area contributed by atoms with Gasteiger partial charge in [-0.25, -0.2) is 10.8 Å². The van der Waals surface area contributed by atoms with Gasteiger partial charge in [-0.05, 0) is 26.0 Å². The molecule has 0 fully saturated rings. The van der Waals surface area contributed by atoms with Crippen LogP contribution in [-0.2, 0) is 11.3 Å². The highest BCUT2D eigenvalue weighted by molar-refractivity contribution is 5.79. The van der Waals surface area contributed by atoms with Gasteiger partial charge in [0, 0.05) is 13.2 Å². The Balaban J connectivity index is 2.49. The van der Waals surface area contributed by atoms with E-state index in [-0.39, 0.29) is 6.04 Å². The molecule has 0 aliphatic heterocycles. The molecule has 4 N–H and O–H groups in total. The van der Waals surface area contributed by atoms with Crippen LogP contribution in [0.15, 0.2) is 21.5 Å². The van der Waals surface area contributed by atoms with E-state index in [2.05, 4.69) is 15.7 Å². The number of ether oxygens (including phenoxy) is 1. The van der Waals surface area contributed by atoms with Gasteiger partial charge in [0.2, 0.25) is 5.96 Å². The van der Waals surface area contributed by atoms with Gasteiger partial charge in [0.15, 0.2) is 0 Å². The summed E-state index contributed by atoms with van der Waals surface area (Å²) >= 11 is 0. The lowest BCUT2D eigenvalue weighted by Gasteiger charge is -2.15.